The lowest BCUT2D eigenvalue weighted by molar-refractivity contribution is -0.130. The average Bonchev–Trinajstić information content (AvgIpc) is 3.31. The lowest BCUT2D eigenvalue weighted by Gasteiger charge is -2.29. The van der Waals surface area contributed by atoms with E-state index in [1.807, 2.05) is 0 Å². The molecule has 174 valence electrons. The van der Waals surface area contributed by atoms with Crippen molar-refractivity contribution in [3.63, 3.8) is 0 Å². The standard InChI is InChI=1S/C23H25ClN4O5/c1-32-14-5-7-19(33-2)18(11-14)26-21(30)16-10-13(4-8-20(25)29)28-23(16)15-9-12(24)3-6-17(15)27-22(23)31/h3,5-7,9,11,13,16,28H,4,8,10H2,1-2H3,(H2,25,29)(H,26,30)(H,27,31). The molecular weight excluding hydrogens is 448 g/mol. The Labute approximate surface area is 195 Å². The monoisotopic (exact) mass is 472 g/mol. The van der Waals surface area contributed by atoms with Crippen LogP contribution in [-0.4, -0.2) is 38.0 Å². The zero-order valence-corrected chi connectivity index (χ0v) is 19.0. The molecule has 0 aromatic heterocycles. The molecular formula is C23H25ClN4O5. The lowest BCUT2D eigenvalue weighted by Crippen LogP contribution is -2.52. The summed E-state index contributed by atoms with van der Waals surface area (Å²) in [5.41, 5.74) is 5.59. The number of ether oxygens (including phenoxy) is 2. The Hall–Kier alpha value is -3.30. The van der Waals surface area contributed by atoms with E-state index in [1.165, 1.54) is 14.2 Å². The molecule has 33 heavy (non-hydrogen) atoms. The number of carbonyl (C=O) groups excluding carboxylic acids is 3. The largest absolute Gasteiger partial charge is 0.497 e. The van der Waals surface area contributed by atoms with Crippen molar-refractivity contribution in [1.82, 2.24) is 5.32 Å². The van der Waals surface area contributed by atoms with Crippen molar-refractivity contribution < 1.29 is 23.9 Å². The second-order valence-electron chi connectivity index (χ2n) is 8.14. The molecule has 0 radical (unpaired) electrons. The third-order valence-electron chi connectivity index (χ3n) is 6.21. The minimum Gasteiger partial charge on any atom is -0.497 e. The Morgan fingerprint density at radius 1 is 1.21 bits per heavy atom. The smallest absolute Gasteiger partial charge is 0.250 e. The first-order chi connectivity index (χ1) is 15.8. The first-order valence-corrected chi connectivity index (χ1v) is 10.9. The maximum atomic E-state index is 13.6. The van der Waals surface area contributed by atoms with Crippen LogP contribution in [0.25, 0.3) is 0 Å². The second kappa shape index (κ2) is 8.92. The molecule has 2 aliphatic rings. The van der Waals surface area contributed by atoms with E-state index in [0.29, 0.717) is 46.3 Å². The fourth-order valence-corrected chi connectivity index (χ4v) is 4.84. The fourth-order valence-electron chi connectivity index (χ4n) is 4.67. The van der Waals surface area contributed by atoms with Gasteiger partial charge in [0.25, 0.3) is 0 Å². The molecule has 0 aliphatic carbocycles. The van der Waals surface area contributed by atoms with Crippen molar-refractivity contribution in [2.75, 3.05) is 24.9 Å². The van der Waals surface area contributed by atoms with Crippen LogP contribution >= 0.6 is 11.6 Å². The SMILES string of the molecule is COc1ccc(OC)c(NC(=O)C2CC(CCC(N)=O)NC23C(=O)Nc2ccc(Cl)cc23)c1. The van der Waals surface area contributed by atoms with Gasteiger partial charge in [-0.3, -0.25) is 19.7 Å². The van der Waals surface area contributed by atoms with Crippen molar-refractivity contribution >= 4 is 40.7 Å². The van der Waals surface area contributed by atoms with Gasteiger partial charge in [0.05, 0.1) is 25.8 Å². The van der Waals surface area contributed by atoms with E-state index < -0.39 is 17.4 Å². The van der Waals surface area contributed by atoms with E-state index in [-0.39, 0.29) is 24.3 Å². The van der Waals surface area contributed by atoms with E-state index in [0.717, 1.165) is 0 Å². The van der Waals surface area contributed by atoms with Crippen LogP contribution in [0.2, 0.25) is 5.02 Å². The summed E-state index contributed by atoms with van der Waals surface area (Å²) in [5.74, 6) is -0.961. The topological polar surface area (TPSA) is 132 Å². The van der Waals surface area contributed by atoms with Crippen LogP contribution in [0.3, 0.4) is 0 Å². The number of carbonyl (C=O) groups is 3. The van der Waals surface area contributed by atoms with Gasteiger partial charge in [-0.05, 0) is 43.2 Å². The maximum absolute atomic E-state index is 13.6. The van der Waals surface area contributed by atoms with E-state index in [1.54, 1.807) is 36.4 Å². The van der Waals surface area contributed by atoms with Crippen molar-refractivity contribution in [3.05, 3.63) is 47.0 Å². The molecule has 2 aliphatic heterocycles. The zero-order chi connectivity index (χ0) is 23.8. The molecule has 0 saturated carbocycles. The van der Waals surface area contributed by atoms with Gasteiger partial charge in [0.1, 0.15) is 17.0 Å². The third-order valence-corrected chi connectivity index (χ3v) is 6.44. The number of amides is 3. The molecule has 9 nitrogen and oxygen atoms in total. The number of fused-ring (bicyclic) bond motifs is 2. The highest BCUT2D eigenvalue weighted by molar-refractivity contribution is 6.31. The average molecular weight is 473 g/mol. The number of nitrogens with one attached hydrogen (secondary N) is 3. The van der Waals surface area contributed by atoms with Crippen molar-refractivity contribution in [2.24, 2.45) is 11.7 Å². The zero-order valence-electron chi connectivity index (χ0n) is 18.2. The molecule has 1 spiro atoms. The second-order valence-corrected chi connectivity index (χ2v) is 8.58. The summed E-state index contributed by atoms with van der Waals surface area (Å²) < 4.78 is 10.6. The predicted octanol–water partition coefficient (Wildman–Crippen LogP) is 2.39. The van der Waals surface area contributed by atoms with Gasteiger partial charge in [0.2, 0.25) is 17.7 Å². The Balaban J connectivity index is 1.72. The molecule has 1 fully saturated rings. The highest BCUT2D eigenvalue weighted by Crippen LogP contribution is 2.48. The van der Waals surface area contributed by atoms with Crippen LogP contribution in [-0.2, 0) is 19.9 Å². The molecule has 2 aromatic carbocycles. The molecule has 0 bridgehead atoms. The normalized spacial score (nSPS) is 23.2. The minimum atomic E-state index is -1.33. The summed E-state index contributed by atoms with van der Waals surface area (Å²) in [6.07, 6.45) is 0.854. The van der Waals surface area contributed by atoms with E-state index >= 15 is 0 Å². The van der Waals surface area contributed by atoms with Crippen LogP contribution < -0.4 is 31.2 Å². The molecule has 10 heteroatoms. The molecule has 5 N–H and O–H groups in total. The number of benzene rings is 2. The summed E-state index contributed by atoms with van der Waals surface area (Å²) in [4.78, 5) is 38.3. The fraction of sp³-hybridized carbons (Fsp3) is 0.348. The lowest BCUT2D eigenvalue weighted by atomic mass is 9.79. The number of methoxy groups -OCH3 is 2. The van der Waals surface area contributed by atoms with Crippen LogP contribution in [0.1, 0.15) is 24.8 Å². The van der Waals surface area contributed by atoms with Gasteiger partial charge < -0.3 is 25.8 Å². The van der Waals surface area contributed by atoms with Crippen LogP contribution in [0.4, 0.5) is 11.4 Å². The van der Waals surface area contributed by atoms with Crippen molar-refractivity contribution in [2.45, 2.75) is 30.8 Å². The first-order valence-electron chi connectivity index (χ1n) is 10.5. The number of hydrogen-bond acceptors (Lipinski definition) is 6. The summed E-state index contributed by atoms with van der Waals surface area (Å²) in [6, 6.07) is 9.84. The van der Waals surface area contributed by atoms with Gasteiger partial charge in [-0.1, -0.05) is 11.6 Å². The molecule has 4 rings (SSSR count). The molecule has 3 amide bonds. The third kappa shape index (κ3) is 4.09. The summed E-state index contributed by atoms with van der Waals surface area (Å²) in [6.45, 7) is 0. The number of nitrogens with two attached hydrogens (primary N) is 1. The van der Waals surface area contributed by atoms with Crippen LogP contribution in [0.5, 0.6) is 11.5 Å². The highest BCUT2D eigenvalue weighted by Gasteiger charge is 2.60. The van der Waals surface area contributed by atoms with E-state index in [4.69, 9.17) is 26.8 Å². The Kier molecular flexibility index (Phi) is 6.18. The van der Waals surface area contributed by atoms with E-state index in [2.05, 4.69) is 16.0 Å². The van der Waals surface area contributed by atoms with Crippen molar-refractivity contribution in [1.29, 1.82) is 0 Å². The predicted molar refractivity (Wildman–Crippen MR) is 123 cm³/mol. The van der Waals surface area contributed by atoms with Crippen molar-refractivity contribution in [3.8, 4) is 11.5 Å². The number of halogens is 1. The van der Waals surface area contributed by atoms with E-state index in [9.17, 15) is 14.4 Å². The first kappa shape index (κ1) is 22.9. The van der Waals surface area contributed by atoms with Gasteiger partial charge >= 0.3 is 0 Å². The summed E-state index contributed by atoms with van der Waals surface area (Å²) in [5, 5.41) is 9.52. The Morgan fingerprint density at radius 3 is 2.70 bits per heavy atom. The van der Waals surface area contributed by atoms with Gasteiger partial charge in [-0.15, -0.1) is 0 Å². The molecule has 3 atom stereocenters. The number of primary amides is 1. The molecule has 1 saturated heterocycles. The summed E-state index contributed by atoms with van der Waals surface area (Å²) >= 11 is 6.24. The molecule has 3 unspecified atom stereocenters. The van der Waals surface area contributed by atoms with Gasteiger partial charge in [-0.25, -0.2) is 0 Å². The molecule has 2 heterocycles. The van der Waals surface area contributed by atoms with Gasteiger partial charge in [0, 0.05) is 34.8 Å². The highest BCUT2D eigenvalue weighted by atomic mass is 35.5. The minimum absolute atomic E-state index is 0.135. The van der Waals surface area contributed by atoms with Gasteiger partial charge in [0.15, 0.2) is 0 Å². The Bertz CT molecular complexity index is 1120. The Morgan fingerprint density at radius 2 is 2.00 bits per heavy atom. The van der Waals surface area contributed by atoms with Crippen LogP contribution in [0.15, 0.2) is 36.4 Å². The quantitative estimate of drug-likeness (QED) is 0.489. The maximum Gasteiger partial charge on any atom is 0.250 e. The van der Waals surface area contributed by atoms with Gasteiger partial charge in [-0.2, -0.15) is 0 Å². The number of anilines is 2. The number of rotatable bonds is 7. The number of hydrogen-bond donors (Lipinski definition) is 4. The van der Waals surface area contributed by atoms with Crippen LogP contribution in [0, 0.1) is 5.92 Å². The summed E-state index contributed by atoms with van der Waals surface area (Å²) in [7, 11) is 3.02. The molecule has 2 aromatic rings.